The van der Waals surface area contributed by atoms with Crippen LogP contribution in [0.4, 0.5) is 4.79 Å². The van der Waals surface area contributed by atoms with E-state index in [1.165, 1.54) is 7.11 Å². The third kappa shape index (κ3) is 6.24. The van der Waals surface area contributed by atoms with Crippen molar-refractivity contribution in [3.8, 4) is 16.9 Å². The van der Waals surface area contributed by atoms with E-state index in [9.17, 15) is 9.59 Å². The zero-order valence-electron chi connectivity index (χ0n) is 21.1. The highest BCUT2D eigenvalue weighted by atomic mass is 16.6. The molecule has 36 heavy (non-hydrogen) atoms. The third-order valence-electron chi connectivity index (χ3n) is 6.60. The van der Waals surface area contributed by atoms with E-state index in [4.69, 9.17) is 14.2 Å². The molecule has 0 aliphatic heterocycles. The van der Waals surface area contributed by atoms with Gasteiger partial charge in [0.25, 0.3) is 0 Å². The second kappa shape index (κ2) is 11.7. The molecule has 1 saturated carbocycles. The van der Waals surface area contributed by atoms with Crippen molar-refractivity contribution in [3.63, 3.8) is 0 Å². The van der Waals surface area contributed by atoms with Crippen molar-refractivity contribution < 1.29 is 23.8 Å². The number of carbonyl (C=O) groups is 2. The Morgan fingerprint density at radius 3 is 2.56 bits per heavy atom. The average molecular weight is 492 g/mol. The fourth-order valence-corrected chi connectivity index (χ4v) is 4.58. The summed E-state index contributed by atoms with van der Waals surface area (Å²) in [4.78, 5) is 26.0. The Bertz CT molecular complexity index is 1160. The average Bonchev–Trinajstić information content (AvgIpc) is 3.28. The number of rotatable bonds is 8. The van der Waals surface area contributed by atoms with Crippen LogP contribution in [0.25, 0.3) is 11.1 Å². The molecule has 3 aromatic rings. The zero-order chi connectivity index (χ0) is 25.5. The van der Waals surface area contributed by atoms with E-state index < -0.39 is 6.09 Å². The lowest BCUT2D eigenvalue weighted by Gasteiger charge is -2.28. The maximum absolute atomic E-state index is 12.5. The second-order valence-electron chi connectivity index (χ2n) is 9.18. The summed E-state index contributed by atoms with van der Waals surface area (Å²) < 4.78 is 18.4. The summed E-state index contributed by atoms with van der Waals surface area (Å²) in [5, 5.41) is 4.37. The molecule has 1 aromatic heterocycles. The lowest BCUT2D eigenvalue weighted by atomic mass is 9.87. The number of ether oxygens (including phenoxy) is 3. The van der Waals surface area contributed by atoms with Crippen molar-refractivity contribution in [3.05, 3.63) is 72.1 Å². The molecule has 8 heteroatoms. The summed E-state index contributed by atoms with van der Waals surface area (Å²) in [6, 6.07) is 17.6. The van der Waals surface area contributed by atoms with Gasteiger partial charge in [-0.2, -0.15) is 5.10 Å². The van der Waals surface area contributed by atoms with Crippen molar-refractivity contribution in [2.45, 2.75) is 44.9 Å². The second-order valence-corrected chi connectivity index (χ2v) is 9.18. The van der Waals surface area contributed by atoms with Crippen molar-refractivity contribution in [2.75, 3.05) is 14.2 Å². The zero-order valence-corrected chi connectivity index (χ0v) is 21.1. The van der Waals surface area contributed by atoms with Gasteiger partial charge in [0.2, 0.25) is 0 Å². The molecule has 1 heterocycles. The molecular formula is C28H33N3O5. The minimum atomic E-state index is -0.396. The van der Waals surface area contributed by atoms with Crippen molar-refractivity contribution in [1.82, 2.24) is 14.7 Å². The molecule has 0 saturated heterocycles. The van der Waals surface area contributed by atoms with Gasteiger partial charge in [0.1, 0.15) is 12.4 Å². The normalized spacial score (nSPS) is 17.3. The molecule has 0 N–H and O–H groups in total. The lowest BCUT2D eigenvalue weighted by Crippen LogP contribution is -2.30. The number of nitrogens with zero attached hydrogens (tertiary/aromatic N) is 3. The topological polar surface area (TPSA) is 82.9 Å². The minimum Gasteiger partial charge on any atom is -0.490 e. The first kappa shape index (κ1) is 25.3. The number of amides is 1. The predicted octanol–water partition coefficient (Wildman–Crippen LogP) is 4.97. The van der Waals surface area contributed by atoms with Crippen LogP contribution in [0.1, 0.15) is 36.9 Å². The number of aryl methyl sites for hydroxylation is 1. The molecule has 190 valence electrons. The summed E-state index contributed by atoms with van der Waals surface area (Å²) in [6.07, 6.45) is 4.76. The minimum absolute atomic E-state index is 0.00468. The largest absolute Gasteiger partial charge is 0.490 e. The molecule has 1 amide bonds. The number of aromatic nitrogens is 2. The Labute approximate surface area is 211 Å². The van der Waals surface area contributed by atoms with E-state index in [0.717, 1.165) is 47.4 Å². The number of methoxy groups -OCH3 is 1. The molecule has 1 fully saturated rings. The fourth-order valence-electron chi connectivity index (χ4n) is 4.58. The first-order valence-electron chi connectivity index (χ1n) is 12.2. The van der Waals surface area contributed by atoms with Gasteiger partial charge >= 0.3 is 12.1 Å². The van der Waals surface area contributed by atoms with E-state index in [1.807, 2.05) is 61.6 Å². The summed E-state index contributed by atoms with van der Waals surface area (Å²) >= 11 is 0. The van der Waals surface area contributed by atoms with Gasteiger partial charge < -0.3 is 19.1 Å². The number of esters is 1. The number of hydrogen-bond acceptors (Lipinski definition) is 6. The SMILES string of the molecule is COC(=O)[C@H]1CCC[C@H](Oc2ccc(-c3cnn(C)c3COC(=O)N(C)Cc3ccccc3)cc2)C1. The van der Waals surface area contributed by atoms with Crippen molar-refractivity contribution >= 4 is 12.1 Å². The lowest BCUT2D eigenvalue weighted by molar-refractivity contribution is -0.147. The third-order valence-corrected chi connectivity index (χ3v) is 6.60. The Kier molecular flexibility index (Phi) is 8.25. The summed E-state index contributed by atoms with van der Waals surface area (Å²) in [5.74, 6) is 0.504. The van der Waals surface area contributed by atoms with Gasteiger partial charge in [-0.25, -0.2) is 4.79 Å². The highest BCUT2D eigenvalue weighted by Gasteiger charge is 2.29. The van der Waals surface area contributed by atoms with Gasteiger partial charge in [0.05, 0.1) is 31.0 Å². The smallest absolute Gasteiger partial charge is 0.410 e. The maximum Gasteiger partial charge on any atom is 0.410 e. The molecule has 2 atom stereocenters. The first-order valence-corrected chi connectivity index (χ1v) is 12.2. The molecule has 1 aliphatic rings. The Balaban J connectivity index is 1.36. The van der Waals surface area contributed by atoms with Gasteiger partial charge in [-0.05, 0) is 48.9 Å². The monoisotopic (exact) mass is 491 g/mol. The molecular weight excluding hydrogens is 458 g/mol. The van der Waals surface area contributed by atoms with Crippen LogP contribution in [0.5, 0.6) is 5.75 Å². The first-order chi connectivity index (χ1) is 17.4. The van der Waals surface area contributed by atoms with E-state index in [0.29, 0.717) is 13.0 Å². The van der Waals surface area contributed by atoms with Crippen LogP contribution in [0, 0.1) is 5.92 Å². The Morgan fingerprint density at radius 1 is 1.08 bits per heavy atom. The van der Waals surface area contributed by atoms with Crippen LogP contribution in [0.2, 0.25) is 0 Å². The van der Waals surface area contributed by atoms with Crippen molar-refractivity contribution in [1.29, 1.82) is 0 Å². The van der Waals surface area contributed by atoms with Crippen LogP contribution in [0.3, 0.4) is 0 Å². The Hall–Kier alpha value is -3.81. The molecule has 1 aliphatic carbocycles. The van der Waals surface area contributed by atoms with Crippen LogP contribution >= 0.6 is 0 Å². The van der Waals surface area contributed by atoms with E-state index in [-0.39, 0.29) is 24.6 Å². The standard InChI is InChI=1S/C28H33N3O5/c1-30(18-20-8-5-4-6-9-20)28(33)35-19-26-25(17-29-31(26)2)21-12-14-23(15-13-21)36-24-11-7-10-22(16-24)27(32)34-3/h4-6,8-9,12-15,17,22,24H,7,10-11,16,18-19H2,1-3H3/t22-,24-/m0/s1. The molecule has 0 spiro atoms. The summed E-state index contributed by atoms with van der Waals surface area (Å²) in [7, 11) is 4.98. The Morgan fingerprint density at radius 2 is 1.83 bits per heavy atom. The van der Waals surface area contributed by atoms with Crippen LogP contribution in [-0.4, -0.2) is 47.0 Å². The maximum atomic E-state index is 12.5. The summed E-state index contributed by atoms with van der Waals surface area (Å²) in [5.41, 5.74) is 3.69. The van der Waals surface area contributed by atoms with Crippen molar-refractivity contribution in [2.24, 2.45) is 13.0 Å². The van der Waals surface area contributed by atoms with Crippen LogP contribution < -0.4 is 4.74 Å². The molecule has 4 rings (SSSR count). The number of carbonyl (C=O) groups excluding carboxylic acids is 2. The van der Waals surface area contributed by atoms with Gasteiger partial charge in [-0.3, -0.25) is 9.48 Å². The molecule has 8 nitrogen and oxygen atoms in total. The van der Waals surface area contributed by atoms with Crippen LogP contribution in [0.15, 0.2) is 60.8 Å². The predicted molar refractivity (Wildman–Crippen MR) is 135 cm³/mol. The highest BCUT2D eigenvalue weighted by molar-refractivity contribution is 5.72. The van der Waals surface area contributed by atoms with Crippen LogP contribution in [-0.2, 0) is 34.5 Å². The molecule has 0 unspecified atom stereocenters. The summed E-state index contributed by atoms with van der Waals surface area (Å²) in [6.45, 7) is 0.583. The van der Waals surface area contributed by atoms with E-state index in [1.54, 1.807) is 22.8 Å². The fraction of sp³-hybridized carbons (Fsp3) is 0.393. The quantitative estimate of drug-likeness (QED) is 0.414. The van der Waals surface area contributed by atoms with E-state index in [2.05, 4.69) is 5.10 Å². The van der Waals surface area contributed by atoms with Gasteiger partial charge in [0.15, 0.2) is 0 Å². The number of benzene rings is 2. The number of hydrogen-bond donors (Lipinski definition) is 0. The molecule has 0 radical (unpaired) electrons. The highest BCUT2D eigenvalue weighted by Crippen LogP contribution is 2.30. The molecule has 0 bridgehead atoms. The van der Waals surface area contributed by atoms with Gasteiger partial charge in [0, 0.05) is 26.2 Å². The molecule has 2 aromatic carbocycles. The van der Waals surface area contributed by atoms with E-state index >= 15 is 0 Å². The van der Waals surface area contributed by atoms with Gasteiger partial charge in [-0.15, -0.1) is 0 Å². The van der Waals surface area contributed by atoms with Gasteiger partial charge in [-0.1, -0.05) is 42.5 Å².